The minimum absolute atomic E-state index is 0.0976. The molecule has 1 aromatic carbocycles. The quantitative estimate of drug-likeness (QED) is 0.120. The van der Waals surface area contributed by atoms with Crippen molar-refractivity contribution in [2.75, 3.05) is 39.4 Å². The van der Waals surface area contributed by atoms with Crippen molar-refractivity contribution in [1.82, 2.24) is 26.6 Å². The molecule has 0 unspecified atom stereocenters. The molecule has 0 spiro atoms. The van der Waals surface area contributed by atoms with Gasteiger partial charge in [-0.1, -0.05) is 58.0 Å². The first-order valence-electron chi connectivity index (χ1n) is 12.8. The molecule has 0 aromatic heterocycles. The highest BCUT2D eigenvalue weighted by molar-refractivity contribution is 5.92. The second-order valence-electron chi connectivity index (χ2n) is 11.0. The molecule has 1 rings (SSSR count). The summed E-state index contributed by atoms with van der Waals surface area (Å²) in [6, 6.07) is 7.79. The molecule has 0 fully saturated rings. The van der Waals surface area contributed by atoms with Crippen LogP contribution in [0.3, 0.4) is 0 Å². The number of carboxylic acids is 1. The molecule has 0 saturated heterocycles. The third kappa shape index (κ3) is 15.4. The molecule has 40 heavy (non-hydrogen) atoms. The van der Waals surface area contributed by atoms with Crippen LogP contribution >= 0.6 is 0 Å². The number of benzene rings is 1. The molecule has 13 nitrogen and oxygen atoms in total. The van der Waals surface area contributed by atoms with Crippen LogP contribution < -0.4 is 26.6 Å². The Morgan fingerprint density at radius 1 is 0.850 bits per heavy atom. The summed E-state index contributed by atoms with van der Waals surface area (Å²) in [5.41, 5.74) is -0.0335. The predicted molar refractivity (Wildman–Crippen MR) is 146 cm³/mol. The van der Waals surface area contributed by atoms with Crippen LogP contribution in [0.1, 0.15) is 39.7 Å². The van der Waals surface area contributed by atoms with Gasteiger partial charge in [0.05, 0.1) is 26.3 Å². The van der Waals surface area contributed by atoms with Crippen molar-refractivity contribution in [1.29, 1.82) is 0 Å². The molecule has 0 aliphatic rings. The van der Waals surface area contributed by atoms with Crippen molar-refractivity contribution >= 4 is 36.0 Å². The van der Waals surface area contributed by atoms with Gasteiger partial charge in [0.1, 0.15) is 12.6 Å². The van der Waals surface area contributed by atoms with Gasteiger partial charge in [-0.15, -0.1) is 0 Å². The van der Waals surface area contributed by atoms with E-state index in [0.29, 0.717) is 26.2 Å². The van der Waals surface area contributed by atoms with Crippen LogP contribution in [0.25, 0.3) is 0 Å². The van der Waals surface area contributed by atoms with Gasteiger partial charge in [0.15, 0.2) is 0 Å². The van der Waals surface area contributed by atoms with Crippen molar-refractivity contribution in [3.8, 4) is 0 Å². The highest BCUT2D eigenvalue weighted by atomic mass is 16.5. The van der Waals surface area contributed by atoms with Gasteiger partial charge in [-0.2, -0.15) is 0 Å². The maximum atomic E-state index is 12.4. The molecule has 222 valence electrons. The smallest absolute Gasteiger partial charge is 0.322 e. The lowest BCUT2D eigenvalue weighted by molar-refractivity contribution is -0.138. The van der Waals surface area contributed by atoms with Crippen molar-refractivity contribution < 1.29 is 38.6 Å². The monoisotopic (exact) mass is 563 g/mol. The highest BCUT2D eigenvalue weighted by Gasteiger charge is 2.26. The molecule has 0 heterocycles. The maximum absolute atomic E-state index is 12.4. The molecule has 0 aliphatic heterocycles. The lowest BCUT2D eigenvalue weighted by atomic mass is 9.89. The molecule has 0 aliphatic carbocycles. The Morgan fingerprint density at radius 2 is 1.45 bits per heavy atom. The van der Waals surface area contributed by atoms with Gasteiger partial charge in [-0.25, -0.2) is 0 Å². The summed E-state index contributed by atoms with van der Waals surface area (Å²) in [7, 11) is 0. The second-order valence-corrected chi connectivity index (χ2v) is 11.0. The Bertz CT molecular complexity index is 1010. The molecular weight excluding hydrogens is 522 g/mol. The van der Waals surface area contributed by atoms with Crippen LogP contribution in [0.5, 0.6) is 0 Å². The van der Waals surface area contributed by atoms with Crippen LogP contribution in [0, 0.1) is 10.8 Å². The molecule has 1 aromatic rings. The van der Waals surface area contributed by atoms with Crippen molar-refractivity contribution in [3.63, 3.8) is 0 Å². The average Bonchev–Trinajstić information content (AvgIpc) is 2.87. The zero-order chi connectivity index (χ0) is 30.2. The number of nitrogens with one attached hydrogen (secondary N) is 5. The Hall–Kier alpha value is -4.00. The summed E-state index contributed by atoms with van der Waals surface area (Å²) in [5.74, 6) is -3.53. The Labute approximate surface area is 234 Å². The Morgan fingerprint density at radius 3 is 2.08 bits per heavy atom. The SMILES string of the molecule is CC(C)(CNC=O)COCC(C)(C)CC(=O)NCC(=O)NCC(=O)N[C@@H](Cc1ccccc1)C(=O)NCC(=O)O. The molecule has 1 atom stereocenters. The van der Waals surface area contributed by atoms with E-state index in [-0.39, 0.29) is 30.7 Å². The van der Waals surface area contributed by atoms with Gasteiger partial charge in [-0.05, 0) is 11.0 Å². The first-order valence-corrected chi connectivity index (χ1v) is 12.8. The summed E-state index contributed by atoms with van der Waals surface area (Å²) >= 11 is 0. The van der Waals surface area contributed by atoms with E-state index in [0.717, 1.165) is 5.56 Å². The molecule has 0 radical (unpaired) electrons. The van der Waals surface area contributed by atoms with Crippen molar-refractivity contribution in [2.24, 2.45) is 10.8 Å². The van der Waals surface area contributed by atoms with Crippen molar-refractivity contribution in [3.05, 3.63) is 35.9 Å². The average molecular weight is 564 g/mol. The molecule has 0 bridgehead atoms. The first-order chi connectivity index (χ1) is 18.7. The standard InChI is InChI=1S/C27H41N5O8/c1-26(2,16-40-17-27(3,4)15-28-18-33)11-21(34)29-12-22(35)30-13-23(36)32-20(25(39)31-14-24(37)38)10-19-8-6-5-7-9-19/h5-9,18,20H,10-17H2,1-4H3,(H,28,33)(H,29,34)(H,30,35)(H,31,39)(H,32,36)(H,37,38)/t20-/m0/s1. The minimum atomic E-state index is -1.23. The molecule has 13 heteroatoms. The van der Waals surface area contributed by atoms with Crippen LogP contribution in [-0.2, 0) is 39.9 Å². The van der Waals surface area contributed by atoms with Gasteiger partial charge in [0.25, 0.3) is 0 Å². The van der Waals surface area contributed by atoms with E-state index in [1.54, 1.807) is 30.3 Å². The molecular formula is C27H41N5O8. The van der Waals surface area contributed by atoms with Gasteiger partial charge in [0, 0.05) is 24.8 Å². The first kappa shape index (κ1) is 34.0. The number of hydrogen-bond acceptors (Lipinski definition) is 7. The fourth-order valence-electron chi connectivity index (χ4n) is 3.53. The van der Waals surface area contributed by atoms with Crippen LogP contribution in [0.15, 0.2) is 30.3 Å². The maximum Gasteiger partial charge on any atom is 0.322 e. The number of carboxylic acid groups (broad SMARTS) is 1. The zero-order valence-electron chi connectivity index (χ0n) is 23.5. The summed E-state index contributed by atoms with van der Waals surface area (Å²) in [4.78, 5) is 70.6. The van der Waals surface area contributed by atoms with E-state index >= 15 is 0 Å². The van der Waals surface area contributed by atoms with Gasteiger partial charge in [0.2, 0.25) is 30.0 Å². The van der Waals surface area contributed by atoms with Gasteiger partial charge >= 0.3 is 5.97 Å². The topological polar surface area (TPSA) is 192 Å². The summed E-state index contributed by atoms with van der Waals surface area (Å²) < 4.78 is 5.75. The van der Waals surface area contributed by atoms with Crippen LogP contribution in [0.4, 0.5) is 0 Å². The van der Waals surface area contributed by atoms with Crippen molar-refractivity contribution in [2.45, 2.75) is 46.6 Å². The fraction of sp³-hybridized carbons (Fsp3) is 0.556. The van der Waals surface area contributed by atoms with E-state index in [2.05, 4.69) is 26.6 Å². The fourth-order valence-corrected chi connectivity index (χ4v) is 3.53. The molecule has 0 saturated carbocycles. The van der Waals surface area contributed by atoms with E-state index in [4.69, 9.17) is 9.84 Å². The number of ether oxygens (including phenoxy) is 1. The van der Waals surface area contributed by atoms with Crippen LogP contribution in [0.2, 0.25) is 0 Å². The number of rotatable bonds is 19. The Balaban J connectivity index is 2.47. The van der Waals surface area contributed by atoms with Crippen LogP contribution in [-0.4, -0.2) is 86.5 Å². The number of carbonyl (C=O) groups excluding carboxylic acids is 5. The number of amides is 5. The summed E-state index contributed by atoms with van der Waals surface area (Å²) in [6.45, 7) is 7.34. The largest absolute Gasteiger partial charge is 0.480 e. The zero-order valence-corrected chi connectivity index (χ0v) is 23.5. The molecule has 6 N–H and O–H groups in total. The lowest BCUT2D eigenvalue weighted by Gasteiger charge is -2.28. The third-order valence-corrected chi connectivity index (χ3v) is 5.53. The normalized spacial score (nSPS) is 12.0. The van der Waals surface area contributed by atoms with Gasteiger partial charge in [-0.3, -0.25) is 28.8 Å². The highest BCUT2D eigenvalue weighted by Crippen LogP contribution is 2.22. The number of aliphatic carboxylic acids is 1. The van der Waals surface area contributed by atoms with E-state index in [9.17, 15) is 28.8 Å². The van der Waals surface area contributed by atoms with E-state index in [1.165, 1.54) is 0 Å². The molecule has 5 amide bonds. The summed E-state index contributed by atoms with van der Waals surface area (Å²) in [5, 5.41) is 21.1. The van der Waals surface area contributed by atoms with Gasteiger partial charge < -0.3 is 36.4 Å². The Kier molecular flexibility index (Phi) is 14.3. The summed E-state index contributed by atoms with van der Waals surface area (Å²) in [6.07, 6.45) is 0.847. The van der Waals surface area contributed by atoms with E-state index in [1.807, 2.05) is 27.7 Å². The number of carbonyl (C=O) groups is 6. The van der Waals surface area contributed by atoms with E-state index < -0.39 is 48.2 Å². The number of hydrogen-bond donors (Lipinski definition) is 6. The lowest BCUT2D eigenvalue weighted by Crippen LogP contribution is -2.51. The minimum Gasteiger partial charge on any atom is -0.480 e. The predicted octanol–water partition coefficient (Wildman–Crippen LogP) is -0.648. The second kappa shape index (κ2) is 16.9. The third-order valence-electron chi connectivity index (χ3n) is 5.53.